The smallest absolute Gasteiger partial charge is 0.407 e. The summed E-state index contributed by atoms with van der Waals surface area (Å²) in [5.41, 5.74) is 4.12. The van der Waals surface area contributed by atoms with Crippen molar-refractivity contribution in [3.63, 3.8) is 0 Å². The Hall–Kier alpha value is -4.39. The summed E-state index contributed by atoms with van der Waals surface area (Å²) in [6, 6.07) is 9.92. The van der Waals surface area contributed by atoms with E-state index in [1.54, 1.807) is 23.3 Å². The number of ether oxygens (including phenoxy) is 1. The van der Waals surface area contributed by atoms with Crippen molar-refractivity contribution < 1.29 is 9.53 Å². The standard InChI is InChI=1S/C24H26N8O2/c1-24(2,3)34-23(33)27-8-7-26-21-6-5-16(12-28-21)20-9-17(18-13-30-31(4)15-18)10-22-29-14-19(11-25)32(20)22/h5-6,9-10,12-15H,7-8H2,1-4H3,(H,26,28)(H,27,33). The van der Waals surface area contributed by atoms with Crippen LogP contribution in [-0.4, -0.2) is 48.9 Å². The van der Waals surface area contributed by atoms with Crippen molar-refractivity contribution in [2.24, 2.45) is 7.05 Å². The van der Waals surface area contributed by atoms with E-state index < -0.39 is 11.7 Å². The first kappa shape index (κ1) is 22.8. The number of nitrogens with zero attached hydrogens (tertiary/aromatic N) is 6. The number of hydrogen-bond donors (Lipinski definition) is 2. The predicted molar refractivity (Wildman–Crippen MR) is 128 cm³/mol. The largest absolute Gasteiger partial charge is 0.444 e. The van der Waals surface area contributed by atoms with E-state index in [1.165, 1.54) is 0 Å². The lowest BCUT2D eigenvalue weighted by Crippen LogP contribution is -2.35. The fourth-order valence-electron chi connectivity index (χ4n) is 3.46. The molecule has 0 spiro atoms. The van der Waals surface area contributed by atoms with E-state index in [9.17, 15) is 10.1 Å². The quantitative estimate of drug-likeness (QED) is 0.423. The number of aryl methyl sites for hydroxylation is 1. The second kappa shape index (κ2) is 9.23. The van der Waals surface area contributed by atoms with Crippen LogP contribution in [0.2, 0.25) is 0 Å². The summed E-state index contributed by atoms with van der Waals surface area (Å²) in [5.74, 6) is 0.667. The molecule has 2 N–H and O–H groups in total. The van der Waals surface area contributed by atoms with Crippen molar-refractivity contribution in [2.75, 3.05) is 18.4 Å². The predicted octanol–water partition coefficient (Wildman–Crippen LogP) is 3.61. The van der Waals surface area contributed by atoms with Crippen LogP contribution in [0.3, 0.4) is 0 Å². The number of rotatable bonds is 6. The van der Waals surface area contributed by atoms with Crippen molar-refractivity contribution in [2.45, 2.75) is 26.4 Å². The molecule has 0 atom stereocenters. The van der Waals surface area contributed by atoms with Crippen molar-refractivity contribution in [3.8, 4) is 28.5 Å². The first-order valence-corrected chi connectivity index (χ1v) is 10.8. The number of pyridine rings is 2. The van der Waals surface area contributed by atoms with E-state index in [0.717, 1.165) is 22.4 Å². The van der Waals surface area contributed by atoms with Gasteiger partial charge in [-0.3, -0.25) is 9.08 Å². The number of carbonyl (C=O) groups excluding carboxylic acids is 1. The van der Waals surface area contributed by atoms with E-state index in [1.807, 2.05) is 62.7 Å². The molecule has 0 saturated carbocycles. The number of anilines is 1. The Labute approximate surface area is 197 Å². The normalized spacial score (nSPS) is 11.3. The number of carbonyl (C=O) groups is 1. The van der Waals surface area contributed by atoms with Crippen molar-refractivity contribution in [1.29, 1.82) is 5.26 Å². The van der Waals surface area contributed by atoms with Crippen LogP contribution in [0.4, 0.5) is 10.6 Å². The molecule has 0 unspecified atom stereocenters. The minimum Gasteiger partial charge on any atom is -0.444 e. The summed E-state index contributed by atoms with van der Waals surface area (Å²) in [6.07, 6.45) is 6.57. The van der Waals surface area contributed by atoms with E-state index >= 15 is 0 Å². The summed E-state index contributed by atoms with van der Waals surface area (Å²) < 4.78 is 8.77. The van der Waals surface area contributed by atoms with Crippen LogP contribution < -0.4 is 10.6 Å². The van der Waals surface area contributed by atoms with Gasteiger partial charge >= 0.3 is 6.09 Å². The summed E-state index contributed by atoms with van der Waals surface area (Å²) in [6.45, 7) is 6.35. The molecule has 34 heavy (non-hydrogen) atoms. The van der Waals surface area contributed by atoms with Gasteiger partial charge in [-0.25, -0.2) is 14.8 Å². The van der Waals surface area contributed by atoms with Gasteiger partial charge in [-0.15, -0.1) is 0 Å². The van der Waals surface area contributed by atoms with E-state index in [0.29, 0.717) is 30.2 Å². The van der Waals surface area contributed by atoms with Gasteiger partial charge in [-0.05, 0) is 50.6 Å². The molecule has 4 heterocycles. The molecular formula is C24H26N8O2. The second-order valence-corrected chi connectivity index (χ2v) is 8.77. The lowest BCUT2D eigenvalue weighted by molar-refractivity contribution is 0.0530. The van der Waals surface area contributed by atoms with Crippen LogP contribution in [0.15, 0.2) is 49.1 Å². The maximum Gasteiger partial charge on any atom is 0.407 e. The van der Waals surface area contributed by atoms with Gasteiger partial charge in [0.2, 0.25) is 0 Å². The molecule has 0 aromatic carbocycles. The van der Waals surface area contributed by atoms with Gasteiger partial charge in [0.05, 0.1) is 18.1 Å². The van der Waals surface area contributed by atoms with Gasteiger partial charge in [0, 0.05) is 43.7 Å². The number of amides is 1. The maximum atomic E-state index is 11.7. The Morgan fingerprint density at radius 3 is 2.56 bits per heavy atom. The molecule has 0 radical (unpaired) electrons. The van der Waals surface area contributed by atoms with Gasteiger partial charge in [0.1, 0.15) is 28.8 Å². The minimum atomic E-state index is -0.532. The van der Waals surface area contributed by atoms with E-state index in [-0.39, 0.29) is 0 Å². The van der Waals surface area contributed by atoms with E-state index in [2.05, 4.69) is 31.8 Å². The lowest BCUT2D eigenvalue weighted by atomic mass is 10.1. The molecule has 0 aliphatic rings. The zero-order valence-electron chi connectivity index (χ0n) is 19.5. The highest BCUT2D eigenvalue weighted by Gasteiger charge is 2.16. The average Bonchev–Trinajstić information content (AvgIpc) is 3.41. The highest BCUT2D eigenvalue weighted by Crippen LogP contribution is 2.29. The molecule has 0 bridgehead atoms. The number of aromatic nitrogens is 5. The molecule has 0 fully saturated rings. The Morgan fingerprint density at radius 1 is 1.09 bits per heavy atom. The number of imidazole rings is 1. The molecule has 0 saturated heterocycles. The zero-order chi connectivity index (χ0) is 24.3. The minimum absolute atomic E-state index is 0.396. The van der Waals surface area contributed by atoms with Crippen LogP contribution in [-0.2, 0) is 11.8 Å². The van der Waals surface area contributed by atoms with Crippen molar-refractivity contribution >= 4 is 17.6 Å². The number of alkyl carbamates (subject to hydrolysis) is 1. The third kappa shape index (κ3) is 5.15. The fraction of sp³-hybridized carbons (Fsp3) is 0.292. The molecular weight excluding hydrogens is 432 g/mol. The van der Waals surface area contributed by atoms with E-state index in [4.69, 9.17) is 4.74 Å². The molecule has 0 aliphatic heterocycles. The first-order valence-electron chi connectivity index (χ1n) is 10.8. The SMILES string of the molecule is Cn1cc(-c2cc(-c3ccc(NCCNC(=O)OC(C)(C)C)nc3)n3c(C#N)cnc3c2)cn1. The molecule has 10 nitrogen and oxygen atoms in total. The summed E-state index contributed by atoms with van der Waals surface area (Å²) in [7, 11) is 1.87. The number of fused-ring (bicyclic) bond motifs is 1. The highest BCUT2D eigenvalue weighted by molar-refractivity contribution is 5.75. The van der Waals surface area contributed by atoms with Crippen LogP contribution in [0, 0.1) is 11.3 Å². The monoisotopic (exact) mass is 458 g/mol. The topological polar surface area (TPSA) is 122 Å². The molecule has 174 valence electrons. The molecule has 1 amide bonds. The molecule has 0 aliphatic carbocycles. The summed E-state index contributed by atoms with van der Waals surface area (Å²) >= 11 is 0. The molecule has 4 aromatic heterocycles. The van der Waals surface area contributed by atoms with Gasteiger partial charge in [-0.2, -0.15) is 10.4 Å². The van der Waals surface area contributed by atoms with Crippen molar-refractivity contribution in [3.05, 3.63) is 54.7 Å². The number of nitrogens with one attached hydrogen (secondary N) is 2. The Kier molecular flexibility index (Phi) is 6.19. The molecule has 4 aromatic rings. The number of nitriles is 1. The Morgan fingerprint density at radius 2 is 1.91 bits per heavy atom. The van der Waals surface area contributed by atoms with Crippen LogP contribution in [0.1, 0.15) is 26.5 Å². The Bertz CT molecular complexity index is 1360. The number of hydrogen-bond acceptors (Lipinski definition) is 7. The average molecular weight is 459 g/mol. The fourth-order valence-corrected chi connectivity index (χ4v) is 3.46. The van der Waals surface area contributed by atoms with Gasteiger partial charge < -0.3 is 15.4 Å². The van der Waals surface area contributed by atoms with Crippen LogP contribution in [0.5, 0.6) is 0 Å². The lowest BCUT2D eigenvalue weighted by Gasteiger charge is -2.19. The van der Waals surface area contributed by atoms with Gasteiger partial charge in [-0.1, -0.05) is 0 Å². The first-order chi connectivity index (χ1) is 16.2. The van der Waals surface area contributed by atoms with Crippen molar-refractivity contribution in [1.82, 2.24) is 29.5 Å². The van der Waals surface area contributed by atoms with Gasteiger partial charge in [0.15, 0.2) is 0 Å². The molecule has 10 heteroatoms. The van der Waals surface area contributed by atoms with Gasteiger partial charge in [0.25, 0.3) is 0 Å². The third-order valence-electron chi connectivity index (χ3n) is 4.92. The second-order valence-electron chi connectivity index (χ2n) is 8.77. The van der Waals surface area contributed by atoms with Crippen LogP contribution >= 0.6 is 0 Å². The van der Waals surface area contributed by atoms with Crippen LogP contribution in [0.25, 0.3) is 28.0 Å². The summed E-state index contributed by atoms with van der Waals surface area (Å²) in [5, 5.41) is 19.7. The zero-order valence-corrected chi connectivity index (χ0v) is 19.5. The Balaban J connectivity index is 1.52. The third-order valence-corrected chi connectivity index (χ3v) is 4.92. The highest BCUT2D eigenvalue weighted by atomic mass is 16.6. The summed E-state index contributed by atoms with van der Waals surface area (Å²) in [4.78, 5) is 20.6. The maximum absolute atomic E-state index is 11.7. The molecule has 4 rings (SSSR count).